The van der Waals surface area contributed by atoms with Crippen LogP contribution in [0.1, 0.15) is 28.3 Å². The summed E-state index contributed by atoms with van der Waals surface area (Å²) in [5.74, 6) is 0.841. The molecule has 3 aromatic rings. The molecule has 0 fully saturated rings. The number of hydrogen-bond acceptors (Lipinski definition) is 6. The molecule has 1 aliphatic rings. The third-order valence-corrected chi connectivity index (χ3v) is 4.55. The van der Waals surface area contributed by atoms with Gasteiger partial charge in [-0.3, -0.25) is 4.57 Å². The molecule has 0 N–H and O–H groups in total. The van der Waals surface area contributed by atoms with E-state index in [4.69, 9.17) is 9.26 Å². The molecule has 0 bridgehead atoms. The molecule has 0 unspecified atom stereocenters. The molecule has 0 atom stereocenters. The summed E-state index contributed by atoms with van der Waals surface area (Å²) in [7, 11) is 0. The number of aromatic nitrogens is 2. The van der Waals surface area contributed by atoms with E-state index in [1.54, 1.807) is 6.08 Å². The van der Waals surface area contributed by atoms with Crippen LogP contribution < -0.4 is 4.74 Å². The van der Waals surface area contributed by atoms with Crippen LogP contribution >= 0.6 is 0 Å². The van der Waals surface area contributed by atoms with Gasteiger partial charge in [-0.15, -0.1) is 0 Å². The van der Waals surface area contributed by atoms with Gasteiger partial charge in [0.05, 0.1) is 0 Å². The molecule has 2 aromatic heterocycles. The Morgan fingerprint density at radius 3 is 2.50 bits per heavy atom. The van der Waals surface area contributed by atoms with Gasteiger partial charge in [0.2, 0.25) is 5.90 Å². The van der Waals surface area contributed by atoms with Crippen molar-refractivity contribution < 1.29 is 27.6 Å². The molecule has 30 heavy (non-hydrogen) atoms. The minimum Gasteiger partial charge on any atom is -0.435 e. The molecular formula is C21H17F2N3O4. The number of carbonyl (C=O) groups is 1. The molecule has 0 saturated heterocycles. The molecule has 4 rings (SSSR count). The number of aryl methyl sites for hydroxylation is 2. The Morgan fingerprint density at radius 2 is 1.87 bits per heavy atom. The number of halogens is 2. The fourth-order valence-electron chi connectivity index (χ4n) is 3.20. The van der Waals surface area contributed by atoms with Gasteiger partial charge < -0.3 is 14.0 Å². The molecule has 0 amide bonds. The van der Waals surface area contributed by atoms with Crippen LogP contribution in [0.25, 0.3) is 11.9 Å². The molecule has 0 radical (unpaired) electrons. The maximum absolute atomic E-state index is 12.3. The first kappa shape index (κ1) is 19.6. The fourth-order valence-corrected chi connectivity index (χ4v) is 3.20. The van der Waals surface area contributed by atoms with Crippen LogP contribution in [0.3, 0.4) is 0 Å². The molecule has 154 valence electrons. The quantitative estimate of drug-likeness (QED) is 0.459. The standard InChI is InChI=1S/C21H17F2N3O4/c1-11-8-15(13(3)26(11)18-9-12(2)30-25-18)10-17-20(27)29-19(24-17)14-4-6-16(7-5-14)28-21(22)23/h4-10,21H,1-3H3/b17-10+. The summed E-state index contributed by atoms with van der Waals surface area (Å²) in [4.78, 5) is 16.5. The number of nitrogens with zero attached hydrogens (tertiary/aromatic N) is 3. The number of rotatable bonds is 5. The van der Waals surface area contributed by atoms with E-state index < -0.39 is 12.6 Å². The van der Waals surface area contributed by atoms with Crippen LogP contribution in [0.2, 0.25) is 0 Å². The zero-order valence-electron chi connectivity index (χ0n) is 16.3. The highest BCUT2D eigenvalue weighted by atomic mass is 19.3. The second-order valence-electron chi connectivity index (χ2n) is 6.70. The van der Waals surface area contributed by atoms with Crippen molar-refractivity contribution in [1.82, 2.24) is 9.72 Å². The van der Waals surface area contributed by atoms with Gasteiger partial charge in [-0.1, -0.05) is 5.16 Å². The van der Waals surface area contributed by atoms with Crippen molar-refractivity contribution in [3.8, 4) is 11.6 Å². The van der Waals surface area contributed by atoms with E-state index in [9.17, 15) is 13.6 Å². The minimum absolute atomic E-state index is 0.00460. The number of esters is 1. The summed E-state index contributed by atoms with van der Waals surface area (Å²) in [5.41, 5.74) is 3.16. The lowest BCUT2D eigenvalue weighted by molar-refractivity contribution is -0.129. The highest BCUT2D eigenvalue weighted by Crippen LogP contribution is 2.26. The largest absolute Gasteiger partial charge is 0.435 e. The monoisotopic (exact) mass is 413 g/mol. The van der Waals surface area contributed by atoms with Gasteiger partial charge in [0.1, 0.15) is 11.5 Å². The van der Waals surface area contributed by atoms with Crippen molar-refractivity contribution in [3.05, 3.63) is 70.4 Å². The Labute approximate surface area is 170 Å². The first-order chi connectivity index (χ1) is 14.3. The van der Waals surface area contributed by atoms with Gasteiger partial charge in [0.15, 0.2) is 11.5 Å². The summed E-state index contributed by atoms with van der Waals surface area (Å²) in [5, 5.41) is 4.04. The van der Waals surface area contributed by atoms with Crippen LogP contribution in [-0.4, -0.2) is 28.2 Å². The molecular weight excluding hydrogens is 396 g/mol. The second-order valence-corrected chi connectivity index (χ2v) is 6.70. The molecule has 9 heteroatoms. The maximum Gasteiger partial charge on any atom is 0.387 e. The van der Waals surface area contributed by atoms with E-state index in [1.165, 1.54) is 24.3 Å². The van der Waals surface area contributed by atoms with E-state index >= 15 is 0 Å². The van der Waals surface area contributed by atoms with Gasteiger partial charge >= 0.3 is 12.6 Å². The Balaban J connectivity index is 1.63. The number of benzene rings is 1. The van der Waals surface area contributed by atoms with Crippen LogP contribution in [-0.2, 0) is 9.53 Å². The lowest BCUT2D eigenvalue weighted by Gasteiger charge is -2.04. The van der Waals surface area contributed by atoms with Crippen molar-refractivity contribution in [2.75, 3.05) is 0 Å². The third-order valence-electron chi connectivity index (χ3n) is 4.55. The van der Waals surface area contributed by atoms with Crippen molar-refractivity contribution in [2.45, 2.75) is 27.4 Å². The van der Waals surface area contributed by atoms with E-state index in [1.807, 2.05) is 37.5 Å². The SMILES string of the molecule is Cc1cc(-n2c(C)cc(/C=C3/N=C(c4ccc(OC(F)F)cc4)OC3=O)c2C)no1. The molecule has 1 aromatic carbocycles. The highest BCUT2D eigenvalue weighted by Gasteiger charge is 2.25. The zero-order chi connectivity index (χ0) is 21.4. The van der Waals surface area contributed by atoms with E-state index in [0.717, 1.165) is 17.0 Å². The second kappa shape index (κ2) is 7.58. The topological polar surface area (TPSA) is 78.9 Å². The van der Waals surface area contributed by atoms with Gasteiger partial charge in [0, 0.05) is 23.0 Å². The number of cyclic esters (lactones) is 1. The Hall–Kier alpha value is -3.75. The van der Waals surface area contributed by atoms with Crippen LogP contribution in [0.15, 0.2) is 51.6 Å². The first-order valence-electron chi connectivity index (χ1n) is 9.02. The normalized spacial score (nSPS) is 15.1. The van der Waals surface area contributed by atoms with Crippen molar-refractivity contribution in [3.63, 3.8) is 0 Å². The number of hydrogen-bond donors (Lipinski definition) is 0. The van der Waals surface area contributed by atoms with Crippen molar-refractivity contribution in [1.29, 1.82) is 0 Å². The molecule has 0 spiro atoms. The van der Waals surface area contributed by atoms with Gasteiger partial charge in [-0.2, -0.15) is 8.78 Å². The Morgan fingerprint density at radius 1 is 1.13 bits per heavy atom. The predicted molar refractivity (Wildman–Crippen MR) is 104 cm³/mol. The fraction of sp³-hybridized carbons (Fsp3) is 0.190. The van der Waals surface area contributed by atoms with Crippen LogP contribution in [0, 0.1) is 20.8 Å². The maximum atomic E-state index is 12.3. The van der Waals surface area contributed by atoms with Crippen LogP contribution in [0.5, 0.6) is 5.75 Å². The Kier molecular flexibility index (Phi) is 4.94. The predicted octanol–water partition coefficient (Wildman–Crippen LogP) is 4.34. The third kappa shape index (κ3) is 3.73. The number of alkyl halides is 2. The average Bonchev–Trinajstić information content (AvgIpc) is 3.34. The average molecular weight is 413 g/mol. The molecule has 7 nitrogen and oxygen atoms in total. The lowest BCUT2D eigenvalue weighted by Crippen LogP contribution is -2.06. The minimum atomic E-state index is -2.91. The summed E-state index contributed by atoms with van der Waals surface area (Å²) >= 11 is 0. The smallest absolute Gasteiger partial charge is 0.387 e. The van der Waals surface area contributed by atoms with Crippen molar-refractivity contribution >= 4 is 17.9 Å². The van der Waals surface area contributed by atoms with Crippen molar-refractivity contribution in [2.24, 2.45) is 4.99 Å². The highest BCUT2D eigenvalue weighted by molar-refractivity contribution is 6.12. The number of carbonyl (C=O) groups excluding carboxylic acids is 1. The molecule has 3 heterocycles. The molecule has 1 aliphatic heterocycles. The zero-order valence-corrected chi connectivity index (χ0v) is 16.3. The molecule has 0 saturated carbocycles. The summed E-state index contributed by atoms with van der Waals surface area (Å²) in [6.07, 6.45) is 1.63. The van der Waals surface area contributed by atoms with Crippen LogP contribution in [0.4, 0.5) is 8.78 Å². The number of aliphatic imine (C=N–C) groups is 1. The van der Waals surface area contributed by atoms with E-state index in [-0.39, 0.29) is 17.3 Å². The van der Waals surface area contributed by atoms with Gasteiger partial charge in [0.25, 0.3) is 0 Å². The summed E-state index contributed by atoms with van der Waals surface area (Å²) in [6.45, 7) is 2.72. The summed E-state index contributed by atoms with van der Waals surface area (Å²) in [6, 6.07) is 9.42. The summed E-state index contributed by atoms with van der Waals surface area (Å²) < 4.78 is 41.2. The van der Waals surface area contributed by atoms with Gasteiger partial charge in [-0.05, 0) is 62.7 Å². The lowest BCUT2D eigenvalue weighted by atomic mass is 10.2. The van der Waals surface area contributed by atoms with E-state index in [2.05, 4.69) is 14.9 Å². The van der Waals surface area contributed by atoms with Gasteiger partial charge in [-0.25, -0.2) is 9.79 Å². The molecule has 0 aliphatic carbocycles. The number of ether oxygens (including phenoxy) is 2. The first-order valence-corrected chi connectivity index (χ1v) is 9.02. The van der Waals surface area contributed by atoms with E-state index in [0.29, 0.717) is 17.1 Å². The Bertz CT molecular complexity index is 1170.